The van der Waals surface area contributed by atoms with Crippen LogP contribution in [0.3, 0.4) is 0 Å². The molecule has 0 saturated heterocycles. The minimum atomic E-state index is -4.41. The maximum absolute atomic E-state index is 12.7. The number of hydrogen-bond donors (Lipinski definition) is 4. The number of primary amides is 1. The van der Waals surface area contributed by atoms with Crippen LogP contribution in [0.2, 0.25) is 0 Å². The first-order valence-corrected chi connectivity index (χ1v) is 10.9. The normalized spacial score (nSPS) is 15.3. The molecule has 3 rings (SSSR count). The number of carbonyl (C=O) groups excluding carboxylic acids is 2. The van der Waals surface area contributed by atoms with E-state index >= 15 is 0 Å². The van der Waals surface area contributed by atoms with Crippen LogP contribution in [0.4, 0.5) is 0 Å². The van der Waals surface area contributed by atoms with Gasteiger partial charge in [0.2, 0.25) is 25.8 Å². The third-order valence-corrected chi connectivity index (χ3v) is 7.30. The quantitative estimate of drug-likeness (QED) is 0.296. The molecule has 0 unspecified atom stereocenters. The Hall–Kier alpha value is -3.00. The Morgan fingerprint density at radius 1 is 1.10 bits per heavy atom. The summed E-state index contributed by atoms with van der Waals surface area (Å²) < 4.78 is 58.1. The molecule has 11 nitrogen and oxygen atoms in total. The maximum Gasteiger partial charge on any atom is 0.262 e. The Bertz CT molecular complexity index is 1210. The lowest BCUT2D eigenvalue weighted by Crippen LogP contribution is -2.47. The lowest BCUT2D eigenvalue weighted by Gasteiger charge is -2.21. The predicted molar refractivity (Wildman–Crippen MR) is 96.3 cm³/mol. The van der Waals surface area contributed by atoms with Crippen molar-refractivity contribution in [2.45, 2.75) is 27.1 Å². The van der Waals surface area contributed by atoms with Gasteiger partial charge in [-0.15, -0.1) is 0 Å². The van der Waals surface area contributed by atoms with Crippen molar-refractivity contribution in [3.05, 3.63) is 42.5 Å². The van der Waals surface area contributed by atoms with Crippen molar-refractivity contribution in [3.63, 3.8) is 0 Å². The Kier molecular flexibility index (Phi) is 5.32. The highest BCUT2D eigenvalue weighted by atomic mass is 32.2. The second-order valence-corrected chi connectivity index (χ2v) is 9.58. The Morgan fingerprint density at radius 3 is 2.41 bits per heavy atom. The number of nitrogens with one attached hydrogen (secondary N) is 2. The average molecular weight is 441 g/mol. The average Bonchev–Trinajstić information content (AvgIpc) is 2.66. The predicted octanol–water partition coefficient (Wildman–Crippen LogP) is -0.347. The third kappa shape index (κ3) is 3.93. The molecule has 2 aromatic carbocycles. The fourth-order valence-electron chi connectivity index (χ4n) is 2.67. The minimum absolute atomic E-state index is 0.0359. The summed E-state index contributed by atoms with van der Waals surface area (Å²) in [5.74, 6) is -2.37. The summed E-state index contributed by atoms with van der Waals surface area (Å²) in [5.41, 5.74) is 6.23. The van der Waals surface area contributed by atoms with Crippen molar-refractivity contribution in [1.82, 2.24) is 10.2 Å². The number of nitrogens with two attached hydrogens (primary N) is 1. The smallest absolute Gasteiger partial charge is 0.262 e. The molecule has 0 aromatic heterocycles. The van der Waals surface area contributed by atoms with Crippen molar-refractivity contribution in [2.24, 2.45) is 5.73 Å². The van der Waals surface area contributed by atoms with Crippen LogP contribution < -0.4 is 20.7 Å². The Morgan fingerprint density at radius 2 is 1.76 bits per heavy atom. The highest BCUT2D eigenvalue weighted by Gasteiger charge is 2.33. The Labute approximate surface area is 165 Å². The highest BCUT2D eigenvalue weighted by molar-refractivity contribution is 7.91. The van der Waals surface area contributed by atoms with Gasteiger partial charge in [0.15, 0.2) is 0 Å². The van der Waals surface area contributed by atoms with Crippen molar-refractivity contribution in [1.29, 1.82) is 0 Å². The summed E-state index contributed by atoms with van der Waals surface area (Å²) in [6.07, 6.45) is -0.713. The molecule has 0 radical (unpaired) electrons. The van der Waals surface area contributed by atoms with E-state index in [1.54, 1.807) is 6.07 Å². The lowest BCUT2D eigenvalue weighted by atomic mass is 10.2. The molecule has 0 fully saturated rings. The molecule has 0 spiro atoms. The topological polar surface area (TPSA) is 182 Å². The van der Waals surface area contributed by atoms with Gasteiger partial charge >= 0.3 is 0 Å². The number of hydrogen-bond acceptors (Lipinski definition) is 8. The zero-order chi connectivity index (χ0) is 21.4. The first kappa shape index (κ1) is 20.7. The number of amides is 2. The number of ether oxygens (including phenoxy) is 1. The summed E-state index contributed by atoms with van der Waals surface area (Å²) in [6.45, 7) is 0. The van der Waals surface area contributed by atoms with Crippen LogP contribution in [-0.4, -0.2) is 39.9 Å². The molecule has 0 bridgehead atoms. The molecule has 29 heavy (non-hydrogen) atoms. The van der Waals surface area contributed by atoms with E-state index < -0.39 is 49.0 Å². The van der Waals surface area contributed by atoms with E-state index in [4.69, 9.17) is 15.7 Å². The molecule has 1 aliphatic rings. The standard InChI is InChI=1S/C16H15N3O8S2/c17-15(20)8-10(16(21)18-22)19-29(25,26)9-5-6-14-12(7-9)27-11-3-1-2-4-13(11)28(14,23)24/h1-7,10,19,22H,8H2,(H2,17,20)(H,18,21)/t10-/m1/s1. The number of para-hydroxylation sites is 1. The molecule has 1 heterocycles. The van der Waals surface area contributed by atoms with Gasteiger partial charge in [-0.2, -0.15) is 4.72 Å². The number of fused-ring (bicyclic) bond motifs is 2. The van der Waals surface area contributed by atoms with E-state index in [1.807, 2.05) is 4.72 Å². The van der Waals surface area contributed by atoms with Gasteiger partial charge in [-0.25, -0.2) is 22.3 Å². The summed E-state index contributed by atoms with van der Waals surface area (Å²) in [5, 5.41) is 8.72. The number of sulfonamides is 1. The lowest BCUT2D eigenvalue weighted by molar-refractivity contribution is -0.133. The van der Waals surface area contributed by atoms with E-state index in [2.05, 4.69) is 0 Å². The van der Waals surface area contributed by atoms with Crippen molar-refractivity contribution in [2.75, 3.05) is 0 Å². The van der Waals surface area contributed by atoms with Gasteiger partial charge in [0.05, 0.1) is 11.3 Å². The van der Waals surface area contributed by atoms with Gasteiger partial charge in [-0.3, -0.25) is 14.8 Å². The molecular weight excluding hydrogens is 426 g/mol. The first-order valence-electron chi connectivity index (χ1n) is 7.97. The number of carbonyl (C=O) groups is 2. The number of sulfone groups is 1. The molecule has 154 valence electrons. The summed E-state index contributed by atoms with van der Waals surface area (Å²) in [7, 11) is -8.33. The van der Waals surface area contributed by atoms with Crippen LogP contribution in [-0.2, 0) is 29.4 Å². The molecule has 2 aromatic rings. The summed E-state index contributed by atoms with van der Waals surface area (Å²) in [4.78, 5) is 22.0. The molecule has 1 aliphatic heterocycles. The monoisotopic (exact) mass is 441 g/mol. The largest absolute Gasteiger partial charge is 0.455 e. The zero-order valence-corrected chi connectivity index (χ0v) is 16.2. The van der Waals surface area contributed by atoms with Crippen molar-refractivity contribution < 1.29 is 36.4 Å². The Balaban J connectivity index is 2.00. The van der Waals surface area contributed by atoms with E-state index in [-0.39, 0.29) is 21.3 Å². The van der Waals surface area contributed by atoms with Crippen LogP contribution in [0.5, 0.6) is 11.5 Å². The molecular formula is C16H15N3O8S2. The third-order valence-electron chi connectivity index (χ3n) is 4.00. The van der Waals surface area contributed by atoms with Crippen LogP contribution in [0.1, 0.15) is 6.42 Å². The van der Waals surface area contributed by atoms with E-state index in [0.717, 1.165) is 18.2 Å². The first-order chi connectivity index (χ1) is 13.6. The SMILES string of the molecule is NC(=O)C[C@@H](NS(=O)(=O)c1ccc2c(c1)Oc1ccccc1S2(=O)=O)C(=O)NO. The fraction of sp³-hybridized carbons (Fsp3) is 0.125. The minimum Gasteiger partial charge on any atom is -0.455 e. The second kappa shape index (κ2) is 7.44. The van der Waals surface area contributed by atoms with Gasteiger partial charge in [0.25, 0.3) is 5.91 Å². The van der Waals surface area contributed by atoms with Gasteiger partial charge < -0.3 is 10.5 Å². The second-order valence-electron chi connectivity index (χ2n) is 5.98. The molecule has 1 atom stereocenters. The summed E-state index contributed by atoms with van der Waals surface area (Å²) in [6, 6.07) is 7.24. The molecule has 5 N–H and O–H groups in total. The van der Waals surface area contributed by atoms with E-state index in [0.29, 0.717) is 0 Å². The molecule has 2 amide bonds. The van der Waals surface area contributed by atoms with Gasteiger partial charge in [-0.1, -0.05) is 12.1 Å². The van der Waals surface area contributed by atoms with E-state index in [9.17, 15) is 26.4 Å². The molecule has 0 saturated carbocycles. The number of rotatable bonds is 6. The van der Waals surface area contributed by atoms with Gasteiger partial charge in [0.1, 0.15) is 27.3 Å². The molecule has 0 aliphatic carbocycles. The van der Waals surface area contributed by atoms with Crippen molar-refractivity contribution in [3.8, 4) is 11.5 Å². The fourth-order valence-corrected chi connectivity index (χ4v) is 5.37. The van der Waals surface area contributed by atoms with Crippen LogP contribution >= 0.6 is 0 Å². The van der Waals surface area contributed by atoms with E-state index in [1.165, 1.54) is 23.7 Å². The molecule has 13 heteroatoms. The van der Waals surface area contributed by atoms with Gasteiger partial charge in [0, 0.05) is 6.07 Å². The number of benzene rings is 2. The van der Waals surface area contributed by atoms with Crippen LogP contribution in [0.25, 0.3) is 0 Å². The van der Waals surface area contributed by atoms with Crippen molar-refractivity contribution >= 4 is 31.7 Å². The zero-order valence-electron chi connectivity index (χ0n) is 14.5. The maximum atomic E-state index is 12.7. The van der Waals surface area contributed by atoms with Gasteiger partial charge in [-0.05, 0) is 24.3 Å². The van der Waals surface area contributed by atoms with Crippen LogP contribution in [0, 0.1) is 0 Å². The number of hydroxylamine groups is 1. The highest BCUT2D eigenvalue weighted by Crippen LogP contribution is 2.43. The summed E-state index contributed by atoms with van der Waals surface area (Å²) >= 11 is 0. The van der Waals surface area contributed by atoms with Crippen LogP contribution in [0.15, 0.2) is 57.2 Å².